The van der Waals surface area contributed by atoms with Gasteiger partial charge in [0.15, 0.2) is 5.82 Å². The van der Waals surface area contributed by atoms with E-state index in [1.807, 2.05) is 31.2 Å². The summed E-state index contributed by atoms with van der Waals surface area (Å²) in [4.78, 5) is 12.5. The van der Waals surface area contributed by atoms with Gasteiger partial charge < -0.3 is 10.4 Å². The first-order valence-electron chi connectivity index (χ1n) is 10.2. The Balaban J connectivity index is 1.94. The molecule has 1 atom stereocenters. The van der Waals surface area contributed by atoms with Crippen molar-refractivity contribution in [2.24, 2.45) is 4.99 Å². The third-order valence-electron chi connectivity index (χ3n) is 5.04. The largest absolute Gasteiger partial charge is 0.382 e. The number of nitrogens with one attached hydrogen (secondary N) is 1. The quantitative estimate of drug-likeness (QED) is 0.423. The molecule has 2 aromatic carbocycles. The van der Waals surface area contributed by atoms with Crippen LogP contribution in [0.5, 0.6) is 0 Å². The zero-order valence-corrected chi connectivity index (χ0v) is 19.3. The normalized spacial score (nSPS) is 13.3. The first-order chi connectivity index (χ1) is 15.1. The van der Waals surface area contributed by atoms with Crippen molar-refractivity contribution in [2.75, 3.05) is 0 Å². The van der Waals surface area contributed by atoms with Crippen molar-refractivity contribution < 1.29 is 9.50 Å². The summed E-state index contributed by atoms with van der Waals surface area (Å²) in [6.45, 7) is 10.5. The van der Waals surface area contributed by atoms with Crippen molar-refractivity contribution in [3.05, 3.63) is 82.7 Å². The zero-order chi connectivity index (χ0) is 23.5. The minimum absolute atomic E-state index is 0.320. The number of benzene rings is 2. The van der Waals surface area contributed by atoms with Gasteiger partial charge in [0.05, 0.1) is 17.4 Å². The van der Waals surface area contributed by atoms with E-state index in [0.29, 0.717) is 27.8 Å². The molecule has 2 N–H and O–H groups in total. The second kappa shape index (κ2) is 9.59. The number of aliphatic hydroxyl groups is 1. The Morgan fingerprint density at radius 3 is 2.41 bits per heavy atom. The molecular formula is C25H26ClFN4O. The maximum atomic E-state index is 14.8. The molecule has 0 fully saturated rings. The molecule has 0 amide bonds. The van der Waals surface area contributed by atoms with Crippen molar-refractivity contribution in [1.82, 2.24) is 15.3 Å². The van der Waals surface area contributed by atoms with E-state index in [2.05, 4.69) is 27.0 Å². The smallest absolute Gasteiger partial charge is 0.159 e. The van der Waals surface area contributed by atoms with Gasteiger partial charge in [0.25, 0.3) is 0 Å². The topological polar surface area (TPSA) is 70.4 Å². The maximum Gasteiger partial charge on any atom is 0.159 e. The summed E-state index contributed by atoms with van der Waals surface area (Å²) < 4.78 is 14.8. The average molecular weight is 453 g/mol. The summed E-state index contributed by atoms with van der Waals surface area (Å²) in [6.07, 6.45) is 3.24. The van der Waals surface area contributed by atoms with Crippen LogP contribution in [-0.2, 0) is 5.60 Å². The summed E-state index contributed by atoms with van der Waals surface area (Å²) in [5, 5.41) is 13.9. The SMILES string of the molecule is C=Nc1ccccc1/C(N[C@H](C)c1cc(-c2cnc(C(C)(C)O)nc2)ccc1F)=C(\C)Cl. The van der Waals surface area contributed by atoms with Crippen LogP contribution in [0.3, 0.4) is 0 Å². The fourth-order valence-electron chi connectivity index (χ4n) is 3.33. The van der Waals surface area contributed by atoms with Crippen LogP contribution in [-0.4, -0.2) is 21.8 Å². The van der Waals surface area contributed by atoms with Gasteiger partial charge in [-0.05, 0) is 58.2 Å². The number of hydrogen-bond acceptors (Lipinski definition) is 5. The lowest BCUT2D eigenvalue weighted by Gasteiger charge is -2.21. The van der Waals surface area contributed by atoms with Crippen LogP contribution in [0.2, 0.25) is 0 Å². The van der Waals surface area contributed by atoms with E-state index < -0.39 is 11.6 Å². The van der Waals surface area contributed by atoms with E-state index in [-0.39, 0.29) is 5.82 Å². The Hall–Kier alpha value is -3.09. The molecule has 1 aromatic heterocycles. The minimum atomic E-state index is -1.14. The molecule has 0 unspecified atom stereocenters. The maximum absolute atomic E-state index is 14.8. The predicted molar refractivity (Wildman–Crippen MR) is 128 cm³/mol. The number of halogens is 2. The predicted octanol–water partition coefficient (Wildman–Crippen LogP) is 6.12. The highest BCUT2D eigenvalue weighted by Crippen LogP contribution is 2.32. The van der Waals surface area contributed by atoms with Gasteiger partial charge in [0.2, 0.25) is 0 Å². The summed E-state index contributed by atoms with van der Waals surface area (Å²) in [5.74, 6) is -0.0232. The molecule has 0 aliphatic heterocycles. The Labute approximate surface area is 192 Å². The lowest BCUT2D eigenvalue weighted by molar-refractivity contribution is 0.0687. The molecule has 5 nitrogen and oxygen atoms in total. The molecule has 166 valence electrons. The van der Waals surface area contributed by atoms with Crippen LogP contribution < -0.4 is 5.32 Å². The number of allylic oxidation sites excluding steroid dienone is 1. The molecule has 32 heavy (non-hydrogen) atoms. The Morgan fingerprint density at radius 1 is 1.16 bits per heavy atom. The van der Waals surface area contributed by atoms with Crippen LogP contribution in [0, 0.1) is 5.82 Å². The van der Waals surface area contributed by atoms with Crippen LogP contribution in [0.4, 0.5) is 10.1 Å². The summed E-state index contributed by atoms with van der Waals surface area (Å²) in [7, 11) is 0. The number of hydrogen-bond donors (Lipinski definition) is 2. The van der Waals surface area contributed by atoms with E-state index in [1.165, 1.54) is 6.07 Å². The van der Waals surface area contributed by atoms with Gasteiger partial charge in [-0.2, -0.15) is 0 Å². The molecule has 0 saturated carbocycles. The Morgan fingerprint density at radius 2 is 1.81 bits per heavy atom. The first-order valence-corrected chi connectivity index (χ1v) is 10.5. The van der Waals surface area contributed by atoms with E-state index >= 15 is 0 Å². The molecule has 0 aliphatic carbocycles. The van der Waals surface area contributed by atoms with Gasteiger partial charge in [-0.15, -0.1) is 0 Å². The lowest BCUT2D eigenvalue weighted by atomic mass is 10.00. The van der Waals surface area contributed by atoms with Gasteiger partial charge in [-0.3, -0.25) is 4.99 Å². The van der Waals surface area contributed by atoms with E-state index in [4.69, 9.17) is 11.6 Å². The van der Waals surface area contributed by atoms with Gasteiger partial charge in [0.1, 0.15) is 11.4 Å². The van der Waals surface area contributed by atoms with E-state index in [1.54, 1.807) is 45.3 Å². The van der Waals surface area contributed by atoms with Crippen molar-refractivity contribution in [3.63, 3.8) is 0 Å². The molecule has 1 heterocycles. The van der Waals surface area contributed by atoms with Crippen LogP contribution in [0.25, 0.3) is 16.8 Å². The van der Waals surface area contributed by atoms with Gasteiger partial charge >= 0.3 is 0 Å². The molecule has 7 heteroatoms. The highest BCUT2D eigenvalue weighted by atomic mass is 35.5. The van der Waals surface area contributed by atoms with Gasteiger partial charge in [0, 0.05) is 34.1 Å². The fraction of sp³-hybridized carbons (Fsp3) is 0.240. The highest BCUT2D eigenvalue weighted by Gasteiger charge is 2.20. The molecule has 0 saturated heterocycles. The van der Waals surface area contributed by atoms with Crippen LogP contribution in [0.15, 0.2) is 64.9 Å². The average Bonchev–Trinajstić information content (AvgIpc) is 2.77. The minimum Gasteiger partial charge on any atom is -0.382 e. The highest BCUT2D eigenvalue weighted by molar-refractivity contribution is 6.32. The van der Waals surface area contributed by atoms with Crippen LogP contribution in [0.1, 0.15) is 50.7 Å². The number of rotatable bonds is 7. The van der Waals surface area contributed by atoms with E-state index in [0.717, 1.165) is 16.7 Å². The van der Waals surface area contributed by atoms with E-state index in [9.17, 15) is 9.50 Å². The zero-order valence-electron chi connectivity index (χ0n) is 18.5. The third-order valence-corrected chi connectivity index (χ3v) is 5.23. The lowest BCUT2D eigenvalue weighted by Crippen LogP contribution is -2.19. The van der Waals surface area contributed by atoms with Crippen molar-refractivity contribution in [2.45, 2.75) is 39.3 Å². The molecular weight excluding hydrogens is 427 g/mol. The summed E-state index contributed by atoms with van der Waals surface area (Å²) >= 11 is 6.38. The van der Waals surface area contributed by atoms with Crippen molar-refractivity contribution in [3.8, 4) is 11.1 Å². The second-order valence-electron chi connectivity index (χ2n) is 8.04. The second-order valence-corrected chi connectivity index (χ2v) is 8.61. The van der Waals surface area contributed by atoms with Crippen molar-refractivity contribution in [1.29, 1.82) is 0 Å². The standard InChI is InChI=1S/C25H26ClFN4O/c1-15(26)23(19-8-6-7-9-22(19)28-5)31-16(2)20-12-17(10-11-21(20)27)18-13-29-24(30-14-18)25(3,4)32/h6-14,16,31-32H,5H2,1-4H3/b23-15-/t16-/m1/s1. The first kappa shape index (κ1) is 23.6. The molecule has 0 aliphatic rings. The van der Waals surface area contributed by atoms with Gasteiger partial charge in [-0.25, -0.2) is 14.4 Å². The van der Waals surface area contributed by atoms with Gasteiger partial charge in [-0.1, -0.05) is 35.9 Å². The molecule has 0 spiro atoms. The Bertz CT molecular complexity index is 1150. The number of para-hydroxylation sites is 1. The number of aliphatic imine (C=N–C) groups is 1. The molecule has 3 aromatic rings. The number of aromatic nitrogens is 2. The third kappa shape index (κ3) is 5.21. The monoisotopic (exact) mass is 452 g/mol. The summed E-state index contributed by atoms with van der Waals surface area (Å²) in [5.41, 5.74) is 2.94. The summed E-state index contributed by atoms with van der Waals surface area (Å²) in [6, 6.07) is 11.9. The molecule has 0 bridgehead atoms. The fourth-order valence-corrected chi connectivity index (χ4v) is 3.48. The molecule has 0 radical (unpaired) electrons. The Kier molecular flexibility index (Phi) is 7.06. The number of nitrogens with zero attached hydrogens (tertiary/aromatic N) is 3. The molecule has 3 rings (SSSR count). The van der Waals surface area contributed by atoms with Crippen molar-refractivity contribution >= 4 is 29.7 Å². The van der Waals surface area contributed by atoms with Crippen LogP contribution >= 0.6 is 11.6 Å².